The van der Waals surface area contributed by atoms with Crippen LogP contribution in [-0.2, 0) is 66.4 Å². The molecule has 3 aliphatic rings. The number of imide groups is 1. The number of amides is 4. The van der Waals surface area contributed by atoms with Gasteiger partial charge in [0.05, 0.1) is 24.7 Å². The molecule has 0 radical (unpaired) electrons. The Bertz CT molecular complexity index is 2590. The van der Waals surface area contributed by atoms with Crippen LogP contribution in [0.15, 0.2) is 0 Å². The summed E-state index contributed by atoms with van der Waals surface area (Å²) >= 11 is 10.6. The van der Waals surface area contributed by atoms with Crippen molar-refractivity contribution in [2.75, 3.05) is 70.5 Å². The van der Waals surface area contributed by atoms with Crippen molar-refractivity contribution in [2.45, 2.75) is 304 Å². The summed E-state index contributed by atoms with van der Waals surface area (Å²) in [6.45, 7) is 54.9. The van der Waals surface area contributed by atoms with Gasteiger partial charge in [0.1, 0.15) is 6.04 Å². The Kier molecular flexibility index (Phi) is 87.8. The molecule has 8 unspecified atom stereocenters. The highest BCUT2D eigenvalue weighted by molar-refractivity contribution is 8.77. The number of rotatable bonds is 41. The van der Waals surface area contributed by atoms with Gasteiger partial charge in [-0.25, -0.2) is 24.6 Å². The molecule has 11 atom stereocenters. The van der Waals surface area contributed by atoms with E-state index in [0.29, 0.717) is 105 Å². The van der Waals surface area contributed by atoms with Crippen LogP contribution in [-0.4, -0.2) is 228 Å². The second kappa shape index (κ2) is 78.0. The highest BCUT2D eigenvalue weighted by Crippen LogP contribution is 2.37. The zero-order valence-corrected chi connectivity index (χ0v) is 84.9. The number of carboxylic acid groups (broad SMARTS) is 4. The van der Waals surface area contributed by atoms with Gasteiger partial charge in [0.15, 0.2) is 14.7 Å². The van der Waals surface area contributed by atoms with Gasteiger partial charge in [0, 0.05) is 114 Å². The van der Waals surface area contributed by atoms with Crippen LogP contribution in [0.1, 0.15) is 249 Å². The second-order valence-corrected chi connectivity index (χ2v) is 47.1. The normalized spacial score (nSPS) is 16.0. The molecule has 22 nitrogen and oxygen atoms in total. The molecule has 0 bridgehead atoms. The fraction of sp³-hybridized carbons (Fsp3) is 0.859. The molecule has 670 valence electrons. The third kappa shape index (κ3) is 80.2. The minimum atomic E-state index is -2.75. The predicted molar refractivity (Wildman–Crippen MR) is 504 cm³/mol. The number of carbonyl (C=O) groups excluding carboxylic acids is 6. The van der Waals surface area contributed by atoms with Crippen molar-refractivity contribution in [3.05, 3.63) is 11.4 Å². The molecule has 0 spiro atoms. The molecule has 3 rings (SSSR count). The first-order chi connectivity index (χ1) is 52.2. The molecule has 4 amide bonds. The third-order valence-corrected chi connectivity index (χ3v) is 32.3. The molecule has 0 aromatic carbocycles. The van der Waals surface area contributed by atoms with Crippen LogP contribution >= 0.6 is 134 Å². The van der Waals surface area contributed by atoms with Crippen LogP contribution in [0.2, 0.25) is 0 Å². The first kappa shape index (κ1) is 127. The first-order valence-electron chi connectivity index (χ1n) is 38.7. The summed E-state index contributed by atoms with van der Waals surface area (Å²) in [4.78, 5) is 121. The maximum atomic E-state index is 12.0. The number of thioether (sulfide) groups is 1. The lowest BCUT2D eigenvalue weighted by Crippen LogP contribution is -2.40. The van der Waals surface area contributed by atoms with E-state index in [9.17, 15) is 56.4 Å². The van der Waals surface area contributed by atoms with Crippen molar-refractivity contribution in [3.63, 3.8) is 0 Å². The number of carbonyl (C=O) groups is 10. The van der Waals surface area contributed by atoms with Gasteiger partial charge in [-0.1, -0.05) is 225 Å². The minimum Gasteiger partial charge on any atom is -0.481 e. The van der Waals surface area contributed by atoms with E-state index < -0.39 is 56.6 Å². The molecular formula is C78H152N4O18S13. The molecule has 0 aliphatic carbocycles. The SMILES string of the molecule is CC.CC(C)C(S)CCC(=O)O.CC(C)C1CO1.CC(C)C1CS1.CC[C@@H](C)C(=O)O.CSS(C)(=O)=O.CSSC(CCC(=O)N(C)[C@@H](C)C(=O)O)C(C)C.CSSC(CCC(=O)N(C)[C@@H](C)C(C)=O)C(C)C.CSSC(CCC(=O)O)C(C)C.CSSC(CCC(=O)ON1C(=O)CCC1=O)C(C)C.[C-]#[N+]CCC(S)C(C)C. The van der Waals surface area contributed by atoms with Gasteiger partial charge in [-0.2, -0.15) is 37.0 Å². The monoisotopic (exact) mass is 1850 g/mol. The number of hydrogen-bond acceptors (Lipinski definition) is 26. The average molecular weight is 1850 g/mol. The molecule has 3 fully saturated rings. The summed E-state index contributed by atoms with van der Waals surface area (Å²) in [6.07, 6.45) is 18.8. The molecule has 35 heteroatoms. The van der Waals surface area contributed by atoms with Crippen LogP contribution in [0, 0.1) is 59.8 Å². The van der Waals surface area contributed by atoms with Gasteiger partial charge in [0.25, 0.3) is 11.8 Å². The summed E-state index contributed by atoms with van der Waals surface area (Å²) in [5.41, 5.74) is 0. The van der Waals surface area contributed by atoms with Gasteiger partial charge in [-0.15, -0.1) is 5.06 Å². The number of aliphatic carboxylic acids is 4. The molecule has 113 heavy (non-hydrogen) atoms. The van der Waals surface area contributed by atoms with Crippen molar-refractivity contribution in [2.24, 2.45) is 53.3 Å². The third-order valence-electron chi connectivity index (χ3n) is 16.8. The lowest BCUT2D eigenvalue weighted by Gasteiger charge is -2.24. The van der Waals surface area contributed by atoms with Crippen LogP contribution < -0.4 is 0 Å². The number of epoxide rings is 1. The zero-order valence-electron chi connectivity index (χ0n) is 74.2. The second-order valence-electron chi connectivity index (χ2n) is 29.1. The first-order valence-corrected chi connectivity index (χ1v) is 54.8. The fourth-order valence-corrected chi connectivity index (χ4v) is 18.4. The quantitative estimate of drug-likeness (QED) is 0.0109. The van der Waals surface area contributed by atoms with Crippen LogP contribution in [0.25, 0.3) is 4.85 Å². The smallest absolute Gasteiger partial charge is 0.333 e. The van der Waals surface area contributed by atoms with Crippen molar-refractivity contribution < 1.29 is 86.4 Å². The van der Waals surface area contributed by atoms with Crippen LogP contribution in [0.5, 0.6) is 0 Å². The highest BCUT2D eigenvalue weighted by Gasteiger charge is 2.33. The number of thiol groups is 2. The van der Waals surface area contributed by atoms with E-state index in [2.05, 4.69) is 145 Å². The Morgan fingerprint density at radius 3 is 1.09 bits per heavy atom. The summed E-state index contributed by atoms with van der Waals surface area (Å²) in [5, 5.41) is 37.8. The maximum absolute atomic E-state index is 12.0. The molecule has 0 aromatic rings. The number of nitrogens with zero attached hydrogens (tertiary/aromatic N) is 4. The van der Waals surface area contributed by atoms with E-state index in [1.54, 1.807) is 108 Å². The lowest BCUT2D eigenvalue weighted by molar-refractivity contribution is -0.197. The van der Waals surface area contributed by atoms with E-state index in [1.165, 1.54) is 37.0 Å². The van der Waals surface area contributed by atoms with Gasteiger partial charge in [-0.3, -0.25) is 38.4 Å². The Morgan fingerprint density at radius 1 is 0.558 bits per heavy atom. The number of ketones is 1. The summed E-state index contributed by atoms with van der Waals surface area (Å²) in [7, 11) is 15.3. The number of ether oxygens (including phenoxy) is 1. The van der Waals surface area contributed by atoms with E-state index in [1.807, 2.05) is 64.2 Å². The molecule has 3 heterocycles. The molecule has 3 aliphatic heterocycles. The number of hydroxylamine groups is 2. The lowest BCUT2D eigenvalue weighted by atomic mass is 10.0. The molecule has 0 aromatic heterocycles. The molecule has 4 N–H and O–H groups in total. The van der Waals surface area contributed by atoms with E-state index >= 15 is 0 Å². The number of carboxylic acids is 4. The fourth-order valence-electron chi connectivity index (χ4n) is 7.74. The molecule has 0 saturated carbocycles. The van der Waals surface area contributed by atoms with Gasteiger partial charge in [-0.05, 0) is 149 Å². The Hall–Kier alpha value is -1.30. The number of likely N-dealkylation sites (N-methyl/N-ethyl adjacent to an activating group) is 2. The largest absolute Gasteiger partial charge is 0.481 e. The standard InChI is InChI=1S/C13H25NO2S2.C12H19NO4S2.C12H23NO3S2.C8H16O2S2.C7H13NS.C7H14O2S.C5H10O2.C5H10O.C5H10S.C2H6O2S2.C2H6/c1-9(2)12(18-17-6)7-8-13(16)14(5)10(3)11(4)15;1-8(2)9(19-18-3)4-7-12(16)17-13-10(14)5-6-11(13)15;1-8(2)10(18-17-5)6-7-11(14)13(4)9(3)12(15)16;1-6(2)7(12-11-3)4-5-8(9)10;1-6(2)7(9)4-5-8-3;1-5(2)6(10)3-4-7(8)9;1-3-4(2)5(6)7;2*1-4(2)5-3-6-5;1-5-6(2,3)4;1-2/h9-10,12H,7-8H2,1-6H3;8-9H,4-7H2,1-3H3;8-10H,6-7H2,1-5H3,(H,15,16);6-7H,4-5H2,1-3H3,(H,9,10);6-7,9H,4-5H2,1-2H3;5-6,10H,3-4H2,1-2H3,(H,8,9);4H,3H2,1-2H3,(H,6,7);2*4-5H,3H2,1-2H3;1-2H3;1-2H3/t10-,12?;;9-,10?;;;;4-;;;;/m0.0...1..../s1. The van der Waals surface area contributed by atoms with Crippen molar-refractivity contribution >= 4 is 202 Å². The molecule has 3 saturated heterocycles. The van der Waals surface area contributed by atoms with Gasteiger partial charge >= 0.3 is 29.8 Å². The maximum Gasteiger partial charge on any atom is 0.333 e. The van der Waals surface area contributed by atoms with Crippen molar-refractivity contribution in [3.8, 4) is 0 Å². The summed E-state index contributed by atoms with van der Waals surface area (Å²) in [6, 6.07) is -1.08. The minimum absolute atomic E-state index is 0.0322. The Balaban J connectivity index is -0.000000185. The summed E-state index contributed by atoms with van der Waals surface area (Å²) in [5.74, 6) is 1.55. The van der Waals surface area contributed by atoms with Crippen LogP contribution in [0.3, 0.4) is 0 Å². The Labute approximate surface area is 736 Å². The number of Topliss-reactive ketones (excluding diaryl/α,β-unsaturated/α-hetero) is 1. The zero-order chi connectivity index (χ0) is 90.2. The molecular weight excluding hydrogens is 1700 g/mol. The highest BCUT2D eigenvalue weighted by atomic mass is 33.1. The summed E-state index contributed by atoms with van der Waals surface area (Å²) < 4.78 is 24.9. The van der Waals surface area contributed by atoms with Gasteiger partial charge < -0.3 is 44.6 Å². The van der Waals surface area contributed by atoms with E-state index in [0.717, 1.165) is 66.6 Å². The van der Waals surface area contributed by atoms with E-state index in [4.69, 9.17) is 36.6 Å². The van der Waals surface area contributed by atoms with E-state index in [-0.39, 0.29) is 66.9 Å². The van der Waals surface area contributed by atoms with Gasteiger partial charge in [0.2, 0.25) is 18.4 Å². The van der Waals surface area contributed by atoms with Crippen LogP contribution in [0.4, 0.5) is 0 Å². The van der Waals surface area contributed by atoms with Crippen molar-refractivity contribution in [1.29, 1.82) is 0 Å². The topological polar surface area (TPSA) is 322 Å². The Morgan fingerprint density at radius 2 is 0.876 bits per heavy atom. The predicted octanol–water partition coefficient (Wildman–Crippen LogP) is 20.6. The van der Waals surface area contributed by atoms with Crippen molar-refractivity contribution in [1.82, 2.24) is 14.9 Å². The number of hydrogen-bond donors (Lipinski definition) is 6. The average Bonchev–Trinajstić information content (AvgIpc) is 1.63.